The Balaban J connectivity index is 0.00000264. The zero-order valence-corrected chi connectivity index (χ0v) is 22.0. The molecule has 0 aliphatic carbocycles. The van der Waals surface area contributed by atoms with E-state index in [1.807, 2.05) is 12.1 Å². The minimum atomic E-state index is 0. The maximum Gasteiger partial charge on any atom is 0.231 e. The van der Waals surface area contributed by atoms with Crippen molar-refractivity contribution < 1.29 is 35.9 Å². The van der Waals surface area contributed by atoms with E-state index in [0.717, 1.165) is 70.9 Å². The molecule has 2 aromatic heterocycles. The third kappa shape index (κ3) is 3.94. The highest BCUT2D eigenvalue weighted by Crippen LogP contribution is 2.41. The van der Waals surface area contributed by atoms with Crippen molar-refractivity contribution in [2.45, 2.75) is 19.4 Å². The fourth-order valence-electron chi connectivity index (χ4n) is 5.59. The van der Waals surface area contributed by atoms with E-state index in [4.69, 9.17) is 18.9 Å². The number of hydrogen-bond donors (Lipinski definition) is 2. The standard InChI is InChI=1S/C30H27N3O4.ClH/c1-34-21-4-5-25-22(13-21)20(15-32-25)7-9-31-30-24-16-33-10-8-19-12-28-29(37-17-36-28)14-23(19)26(33)11-18(24)3-6-27(30)35-2;/h3-6,11-16,32H,7-10,17H2,1-2H3;1H. The molecule has 0 saturated carbocycles. The summed E-state index contributed by atoms with van der Waals surface area (Å²) >= 11 is 0. The number of nitrogens with zero attached hydrogens (tertiary/aromatic N) is 1. The number of pyridine rings is 1. The van der Waals surface area contributed by atoms with Crippen LogP contribution in [0.3, 0.4) is 0 Å². The molecule has 0 radical (unpaired) electrons. The Bertz CT molecular complexity index is 1680. The van der Waals surface area contributed by atoms with E-state index in [2.05, 4.69) is 63.7 Å². The summed E-state index contributed by atoms with van der Waals surface area (Å²) < 4.78 is 24.8. The van der Waals surface area contributed by atoms with Gasteiger partial charge in [0.2, 0.25) is 12.5 Å². The summed E-state index contributed by atoms with van der Waals surface area (Å²) in [6.45, 7) is 1.97. The van der Waals surface area contributed by atoms with Crippen LogP contribution in [0.1, 0.15) is 11.1 Å². The molecule has 7 rings (SSSR count). The number of rotatable bonds is 6. The summed E-state index contributed by atoms with van der Waals surface area (Å²) in [5.41, 5.74) is 7.08. The van der Waals surface area contributed by atoms with E-state index in [1.165, 1.54) is 27.8 Å². The molecule has 8 heteroatoms. The van der Waals surface area contributed by atoms with Gasteiger partial charge in [0.1, 0.15) is 11.5 Å². The number of aromatic nitrogens is 2. The third-order valence-corrected chi connectivity index (χ3v) is 7.51. The number of methoxy groups -OCH3 is 2. The van der Waals surface area contributed by atoms with Crippen molar-refractivity contribution in [1.82, 2.24) is 4.98 Å². The van der Waals surface area contributed by atoms with Crippen molar-refractivity contribution in [1.29, 1.82) is 0 Å². The largest absolute Gasteiger partial charge is 1.00 e. The molecule has 0 spiro atoms. The molecule has 0 fully saturated rings. The molecule has 5 aromatic rings. The lowest BCUT2D eigenvalue weighted by molar-refractivity contribution is -0.686. The average molecular weight is 530 g/mol. The van der Waals surface area contributed by atoms with E-state index in [1.54, 1.807) is 14.2 Å². The highest BCUT2D eigenvalue weighted by Gasteiger charge is 2.28. The molecule has 194 valence electrons. The minimum Gasteiger partial charge on any atom is -1.00 e. The van der Waals surface area contributed by atoms with Gasteiger partial charge in [-0.25, -0.2) is 0 Å². The summed E-state index contributed by atoms with van der Waals surface area (Å²) in [5, 5.41) is 7.18. The zero-order valence-electron chi connectivity index (χ0n) is 21.3. The first kappa shape index (κ1) is 24.2. The maximum atomic E-state index is 5.77. The zero-order chi connectivity index (χ0) is 24.9. The molecule has 0 bridgehead atoms. The van der Waals surface area contributed by atoms with Gasteiger partial charge in [0.25, 0.3) is 0 Å². The highest BCUT2D eigenvalue weighted by atomic mass is 35.5. The van der Waals surface area contributed by atoms with E-state index in [9.17, 15) is 0 Å². The number of aryl methyl sites for hydroxylation is 2. The molecule has 2 aliphatic heterocycles. The molecule has 0 unspecified atom stereocenters. The third-order valence-electron chi connectivity index (χ3n) is 7.51. The van der Waals surface area contributed by atoms with Crippen LogP contribution in [0.4, 0.5) is 5.69 Å². The first-order chi connectivity index (χ1) is 18.2. The van der Waals surface area contributed by atoms with Crippen LogP contribution in [0.2, 0.25) is 0 Å². The Morgan fingerprint density at radius 2 is 1.84 bits per heavy atom. The van der Waals surface area contributed by atoms with Gasteiger partial charge in [-0.3, -0.25) is 0 Å². The number of halogens is 1. The number of fused-ring (bicyclic) bond motifs is 6. The van der Waals surface area contributed by atoms with E-state index >= 15 is 0 Å². The molecule has 0 amide bonds. The second-order valence-corrected chi connectivity index (χ2v) is 9.51. The minimum absolute atomic E-state index is 0. The van der Waals surface area contributed by atoms with Crippen LogP contribution in [0.25, 0.3) is 32.9 Å². The first-order valence-corrected chi connectivity index (χ1v) is 12.6. The van der Waals surface area contributed by atoms with Gasteiger partial charge in [0.05, 0.1) is 30.9 Å². The van der Waals surface area contributed by atoms with Crippen molar-refractivity contribution in [3.8, 4) is 34.3 Å². The van der Waals surface area contributed by atoms with Gasteiger partial charge in [-0.1, -0.05) is 6.07 Å². The normalized spacial score (nSPS) is 13.1. The Morgan fingerprint density at radius 1 is 0.974 bits per heavy atom. The SMILES string of the molecule is COc1ccc2[nH]cc(CCNc3c(OC)ccc4cc5[n+](cc34)CCc3cc4c(cc3-5)OCO4)c2c1.[Cl-]. The predicted molar refractivity (Wildman–Crippen MR) is 143 cm³/mol. The van der Waals surface area contributed by atoms with Gasteiger partial charge >= 0.3 is 0 Å². The summed E-state index contributed by atoms with van der Waals surface area (Å²) in [6, 6.07) is 16.8. The Kier molecular flexibility index (Phi) is 6.16. The molecule has 2 N–H and O–H groups in total. The lowest BCUT2D eigenvalue weighted by Gasteiger charge is -2.18. The molecule has 4 heterocycles. The fraction of sp³-hybridized carbons (Fsp3) is 0.233. The molecule has 7 nitrogen and oxygen atoms in total. The van der Waals surface area contributed by atoms with Gasteiger partial charge in [0.15, 0.2) is 24.2 Å². The van der Waals surface area contributed by atoms with Crippen molar-refractivity contribution in [3.05, 3.63) is 72.1 Å². The Labute approximate surface area is 226 Å². The number of nitrogens with one attached hydrogen (secondary N) is 2. The number of ether oxygens (including phenoxy) is 4. The van der Waals surface area contributed by atoms with Crippen LogP contribution in [0, 0.1) is 0 Å². The van der Waals surface area contributed by atoms with Gasteiger partial charge in [0, 0.05) is 36.1 Å². The van der Waals surface area contributed by atoms with Crippen molar-refractivity contribution in [2.24, 2.45) is 0 Å². The highest BCUT2D eigenvalue weighted by molar-refractivity contribution is 5.97. The monoisotopic (exact) mass is 529 g/mol. The van der Waals surface area contributed by atoms with Crippen LogP contribution in [-0.4, -0.2) is 32.5 Å². The lowest BCUT2D eigenvalue weighted by Crippen LogP contribution is -3.00. The van der Waals surface area contributed by atoms with Crippen molar-refractivity contribution in [3.63, 3.8) is 0 Å². The molecular weight excluding hydrogens is 502 g/mol. The van der Waals surface area contributed by atoms with Crippen LogP contribution >= 0.6 is 0 Å². The topological polar surface area (TPSA) is 68.6 Å². The molecular formula is C30H28ClN3O4. The van der Waals surface area contributed by atoms with Crippen LogP contribution in [-0.2, 0) is 19.4 Å². The molecule has 38 heavy (non-hydrogen) atoms. The molecule has 0 atom stereocenters. The van der Waals surface area contributed by atoms with Gasteiger partial charge in [-0.05, 0) is 59.3 Å². The lowest BCUT2D eigenvalue weighted by atomic mass is 9.95. The van der Waals surface area contributed by atoms with E-state index in [0.29, 0.717) is 0 Å². The molecule has 2 aliphatic rings. The quantitative estimate of drug-likeness (QED) is 0.330. The predicted octanol–water partition coefficient (Wildman–Crippen LogP) is 2.24. The average Bonchev–Trinajstić information content (AvgIpc) is 3.57. The molecule has 0 saturated heterocycles. The molecule has 3 aromatic carbocycles. The maximum absolute atomic E-state index is 5.77. The van der Waals surface area contributed by atoms with Crippen LogP contribution in [0.15, 0.2) is 60.9 Å². The van der Waals surface area contributed by atoms with E-state index < -0.39 is 0 Å². The Morgan fingerprint density at radius 3 is 2.68 bits per heavy atom. The number of aromatic amines is 1. The van der Waals surface area contributed by atoms with Crippen LogP contribution in [0.5, 0.6) is 23.0 Å². The smallest absolute Gasteiger partial charge is 0.231 e. The second kappa shape index (κ2) is 9.65. The van der Waals surface area contributed by atoms with Crippen molar-refractivity contribution >= 4 is 27.4 Å². The number of H-pyrrole nitrogens is 1. The summed E-state index contributed by atoms with van der Waals surface area (Å²) in [5.74, 6) is 3.37. The first-order valence-electron chi connectivity index (χ1n) is 12.6. The fourth-order valence-corrected chi connectivity index (χ4v) is 5.59. The van der Waals surface area contributed by atoms with Gasteiger partial charge in [-0.2, -0.15) is 4.57 Å². The number of hydrogen-bond acceptors (Lipinski definition) is 5. The number of benzene rings is 3. The second-order valence-electron chi connectivity index (χ2n) is 9.51. The number of anilines is 1. The summed E-state index contributed by atoms with van der Waals surface area (Å²) in [4.78, 5) is 3.37. The summed E-state index contributed by atoms with van der Waals surface area (Å²) in [6.07, 6.45) is 6.15. The summed E-state index contributed by atoms with van der Waals surface area (Å²) in [7, 11) is 3.43. The van der Waals surface area contributed by atoms with Gasteiger partial charge < -0.3 is 41.7 Å². The Hall–Kier alpha value is -4.10. The van der Waals surface area contributed by atoms with Gasteiger partial charge in [-0.15, -0.1) is 0 Å². The van der Waals surface area contributed by atoms with Crippen LogP contribution < -0.4 is 41.2 Å². The van der Waals surface area contributed by atoms with Crippen molar-refractivity contribution in [2.75, 3.05) is 32.9 Å². The van der Waals surface area contributed by atoms with E-state index in [-0.39, 0.29) is 19.2 Å².